The van der Waals surface area contributed by atoms with Crippen molar-refractivity contribution < 1.29 is 4.74 Å². The third kappa shape index (κ3) is 1.49. The van der Waals surface area contributed by atoms with E-state index in [0.29, 0.717) is 6.61 Å². The van der Waals surface area contributed by atoms with Crippen LogP contribution in [0.25, 0.3) is 0 Å². The van der Waals surface area contributed by atoms with Gasteiger partial charge in [-0.25, -0.2) is 4.98 Å². The quantitative estimate of drug-likeness (QED) is 0.635. The number of imidazole rings is 1. The molecule has 4 heteroatoms. The summed E-state index contributed by atoms with van der Waals surface area (Å²) in [7, 11) is 0. The summed E-state index contributed by atoms with van der Waals surface area (Å²) in [6.45, 7) is 4.42. The SMILES string of the molecule is Cc1cnc(C2COCCN2)[nH]1. The molecule has 0 radical (unpaired) electrons. The van der Waals surface area contributed by atoms with E-state index in [1.54, 1.807) is 0 Å². The minimum atomic E-state index is 0.243. The predicted octanol–water partition coefficient (Wildman–Crippen LogP) is 0.379. The molecule has 1 saturated heterocycles. The Labute approximate surface area is 71.3 Å². The monoisotopic (exact) mass is 167 g/mol. The van der Waals surface area contributed by atoms with E-state index in [1.165, 1.54) is 0 Å². The molecule has 0 aliphatic carbocycles. The van der Waals surface area contributed by atoms with Gasteiger partial charge in [0.05, 0.1) is 19.3 Å². The van der Waals surface area contributed by atoms with Crippen molar-refractivity contribution in [3.8, 4) is 0 Å². The molecule has 0 bridgehead atoms. The maximum Gasteiger partial charge on any atom is 0.125 e. The van der Waals surface area contributed by atoms with Crippen molar-refractivity contribution >= 4 is 0 Å². The minimum Gasteiger partial charge on any atom is -0.378 e. The van der Waals surface area contributed by atoms with Crippen LogP contribution in [0.15, 0.2) is 6.20 Å². The van der Waals surface area contributed by atoms with Gasteiger partial charge in [0, 0.05) is 18.4 Å². The zero-order chi connectivity index (χ0) is 8.39. The first kappa shape index (κ1) is 7.76. The molecule has 2 rings (SSSR count). The first-order chi connectivity index (χ1) is 5.86. The Bertz CT molecular complexity index is 253. The Morgan fingerprint density at radius 3 is 3.17 bits per heavy atom. The molecular weight excluding hydrogens is 154 g/mol. The van der Waals surface area contributed by atoms with E-state index < -0.39 is 0 Å². The van der Waals surface area contributed by atoms with Gasteiger partial charge in [-0.3, -0.25) is 0 Å². The smallest absolute Gasteiger partial charge is 0.125 e. The number of hydrogen-bond acceptors (Lipinski definition) is 3. The van der Waals surface area contributed by atoms with Gasteiger partial charge in [0.1, 0.15) is 5.82 Å². The maximum absolute atomic E-state index is 5.32. The van der Waals surface area contributed by atoms with Crippen molar-refractivity contribution in [1.82, 2.24) is 15.3 Å². The molecule has 1 fully saturated rings. The zero-order valence-electron chi connectivity index (χ0n) is 7.13. The maximum atomic E-state index is 5.32. The average molecular weight is 167 g/mol. The fourth-order valence-electron chi connectivity index (χ4n) is 1.35. The molecule has 0 aromatic carbocycles. The molecule has 2 N–H and O–H groups in total. The number of hydrogen-bond donors (Lipinski definition) is 2. The molecule has 4 nitrogen and oxygen atoms in total. The standard InChI is InChI=1S/C8H13N3O/c1-6-4-10-8(11-6)7-5-12-3-2-9-7/h4,7,9H,2-3,5H2,1H3,(H,10,11). The molecular formula is C8H13N3O. The molecule has 1 aromatic rings. The molecule has 1 atom stereocenters. The summed E-state index contributed by atoms with van der Waals surface area (Å²) < 4.78 is 5.32. The summed E-state index contributed by atoms with van der Waals surface area (Å²) in [5.74, 6) is 0.979. The highest BCUT2D eigenvalue weighted by molar-refractivity contribution is 5.03. The highest BCUT2D eigenvalue weighted by atomic mass is 16.5. The minimum absolute atomic E-state index is 0.243. The van der Waals surface area contributed by atoms with Crippen LogP contribution in [0.3, 0.4) is 0 Å². The van der Waals surface area contributed by atoms with Gasteiger partial charge in [-0.05, 0) is 6.92 Å². The van der Waals surface area contributed by atoms with E-state index in [-0.39, 0.29) is 6.04 Å². The van der Waals surface area contributed by atoms with Gasteiger partial charge in [-0.1, -0.05) is 0 Å². The number of aromatic amines is 1. The number of aromatic nitrogens is 2. The number of H-pyrrole nitrogens is 1. The fraction of sp³-hybridized carbons (Fsp3) is 0.625. The lowest BCUT2D eigenvalue weighted by atomic mass is 10.2. The molecule has 1 aliphatic heterocycles. The van der Waals surface area contributed by atoms with Crippen molar-refractivity contribution in [1.29, 1.82) is 0 Å². The number of rotatable bonds is 1. The third-order valence-electron chi connectivity index (χ3n) is 1.97. The highest BCUT2D eigenvalue weighted by Crippen LogP contribution is 2.11. The molecule has 0 spiro atoms. The Hall–Kier alpha value is -0.870. The van der Waals surface area contributed by atoms with Crippen LogP contribution in [0.2, 0.25) is 0 Å². The molecule has 0 saturated carbocycles. The second-order valence-electron chi connectivity index (χ2n) is 3.03. The van der Waals surface area contributed by atoms with Crippen molar-refractivity contribution in [3.05, 3.63) is 17.7 Å². The molecule has 12 heavy (non-hydrogen) atoms. The van der Waals surface area contributed by atoms with E-state index in [9.17, 15) is 0 Å². The topological polar surface area (TPSA) is 49.9 Å². The summed E-state index contributed by atoms with van der Waals surface area (Å²) >= 11 is 0. The van der Waals surface area contributed by atoms with Crippen LogP contribution in [0.4, 0.5) is 0 Å². The average Bonchev–Trinajstić information content (AvgIpc) is 2.54. The molecule has 2 heterocycles. The van der Waals surface area contributed by atoms with Crippen LogP contribution >= 0.6 is 0 Å². The molecule has 1 aromatic heterocycles. The normalized spacial score (nSPS) is 24.2. The number of nitrogens with zero attached hydrogens (tertiary/aromatic N) is 1. The van der Waals surface area contributed by atoms with Gasteiger partial charge in [0.25, 0.3) is 0 Å². The summed E-state index contributed by atoms with van der Waals surface area (Å²) in [5, 5.41) is 3.33. The number of aryl methyl sites for hydroxylation is 1. The largest absolute Gasteiger partial charge is 0.378 e. The molecule has 0 amide bonds. The summed E-state index contributed by atoms with van der Waals surface area (Å²) in [6.07, 6.45) is 1.84. The Morgan fingerprint density at radius 1 is 1.67 bits per heavy atom. The van der Waals surface area contributed by atoms with Crippen molar-refractivity contribution in [3.63, 3.8) is 0 Å². The Morgan fingerprint density at radius 2 is 2.58 bits per heavy atom. The van der Waals surface area contributed by atoms with Crippen molar-refractivity contribution in [2.24, 2.45) is 0 Å². The van der Waals surface area contributed by atoms with E-state index >= 15 is 0 Å². The second kappa shape index (κ2) is 3.25. The van der Waals surface area contributed by atoms with E-state index in [4.69, 9.17) is 4.74 Å². The van der Waals surface area contributed by atoms with Gasteiger partial charge in [0.2, 0.25) is 0 Å². The first-order valence-corrected chi connectivity index (χ1v) is 4.19. The fourth-order valence-corrected chi connectivity index (χ4v) is 1.35. The van der Waals surface area contributed by atoms with Gasteiger partial charge in [0.15, 0.2) is 0 Å². The van der Waals surface area contributed by atoms with Crippen molar-refractivity contribution in [2.75, 3.05) is 19.8 Å². The van der Waals surface area contributed by atoms with Gasteiger partial charge >= 0.3 is 0 Å². The highest BCUT2D eigenvalue weighted by Gasteiger charge is 2.17. The number of morpholine rings is 1. The first-order valence-electron chi connectivity index (χ1n) is 4.19. The van der Waals surface area contributed by atoms with Crippen LogP contribution < -0.4 is 5.32 Å². The van der Waals surface area contributed by atoms with Gasteiger partial charge in [-0.15, -0.1) is 0 Å². The summed E-state index contributed by atoms with van der Waals surface area (Å²) in [5.41, 5.74) is 1.09. The van der Waals surface area contributed by atoms with Crippen LogP contribution in [0, 0.1) is 6.92 Å². The van der Waals surface area contributed by atoms with Gasteiger partial charge < -0.3 is 15.0 Å². The Balaban J connectivity index is 2.08. The van der Waals surface area contributed by atoms with E-state index in [1.807, 2.05) is 13.1 Å². The van der Waals surface area contributed by atoms with Crippen LogP contribution in [-0.2, 0) is 4.74 Å². The lowest BCUT2D eigenvalue weighted by Crippen LogP contribution is -2.35. The Kier molecular flexibility index (Phi) is 2.10. The zero-order valence-corrected chi connectivity index (χ0v) is 7.13. The second-order valence-corrected chi connectivity index (χ2v) is 3.03. The lowest BCUT2D eigenvalue weighted by molar-refractivity contribution is 0.0744. The van der Waals surface area contributed by atoms with Gasteiger partial charge in [-0.2, -0.15) is 0 Å². The number of nitrogens with one attached hydrogen (secondary N) is 2. The van der Waals surface area contributed by atoms with Crippen LogP contribution in [0.1, 0.15) is 17.6 Å². The summed E-state index contributed by atoms with van der Waals surface area (Å²) in [4.78, 5) is 7.43. The predicted molar refractivity (Wildman–Crippen MR) is 44.9 cm³/mol. The number of ether oxygens (including phenoxy) is 1. The van der Waals surface area contributed by atoms with Crippen molar-refractivity contribution in [2.45, 2.75) is 13.0 Å². The molecule has 1 unspecified atom stereocenters. The van der Waals surface area contributed by atoms with Crippen LogP contribution in [0.5, 0.6) is 0 Å². The summed E-state index contributed by atoms with van der Waals surface area (Å²) in [6, 6.07) is 0.243. The third-order valence-corrected chi connectivity index (χ3v) is 1.97. The van der Waals surface area contributed by atoms with E-state index in [0.717, 1.165) is 24.7 Å². The van der Waals surface area contributed by atoms with E-state index in [2.05, 4.69) is 15.3 Å². The van der Waals surface area contributed by atoms with Crippen LogP contribution in [-0.4, -0.2) is 29.7 Å². The molecule has 1 aliphatic rings. The lowest BCUT2D eigenvalue weighted by Gasteiger charge is -2.21. The molecule has 66 valence electrons.